The highest BCUT2D eigenvalue weighted by Crippen LogP contribution is 2.21. The van der Waals surface area contributed by atoms with E-state index >= 15 is 0 Å². The van der Waals surface area contributed by atoms with Crippen molar-refractivity contribution in [3.05, 3.63) is 69.7 Å². The van der Waals surface area contributed by atoms with Crippen LogP contribution in [0.4, 0.5) is 0 Å². The van der Waals surface area contributed by atoms with Crippen LogP contribution in [0.5, 0.6) is 0 Å². The molecule has 2 rings (SSSR count). The van der Waals surface area contributed by atoms with E-state index in [9.17, 15) is 5.11 Å². The number of halogens is 1. The Morgan fingerprint density at radius 1 is 1.00 bits per heavy atom. The number of aliphatic hydroxyl groups is 1. The molecule has 2 heteroatoms. The first kappa shape index (κ1) is 13.1. The lowest BCUT2D eigenvalue weighted by molar-refractivity contribution is 0.178. The molecule has 0 aliphatic carbocycles. The number of hydrogen-bond donors (Lipinski definition) is 1. The molecule has 0 saturated heterocycles. The van der Waals surface area contributed by atoms with Gasteiger partial charge in [-0.15, -0.1) is 0 Å². The van der Waals surface area contributed by atoms with E-state index in [1.807, 2.05) is 24.3 Å². The molecule has 0 aliphatic rings. The predicted molar refractivity (Wildman–Crippen MR) is 76.0 cm³/mol. The summed E-state index contributed by atoms with van der Waals surface area (Å²) in [7, 11) is 0. The second-order valence-electron chi connectivity index (χ2n) is 4.77. The molecule has 1 unspecified atom stereocenters. The van der Waals surface area contributed by atoms with Gasteiger partial charge in [-0.25, -0.2) is 0 Å². The summed E-state index contributed by atoms with van der Waals surface area (Å²) in [5.74, 6) is 0. The van der Waals surface area contributed by atoms with E-state index in [1.54, 1.807) is 0 Å². The molecule has 0 fully saturated rings. The Labute approximate surface area is 113 Å². The summed E-state index contributed by atoms with van der Waals surface area (Å²) in [6.07, 6.45) is 0.146. The molecule has 94 valence electrons. The average molecular weight is 261 g/mol. The molecule has 2 aromatic rings. The van der Waals surface area contributed by atoms with Gasteiger partial charge in [-0.1, -0.05) is 53.1 Å². The highest BCUT2D eigenvalue weighted by Gasteiger charge is 2.09. The third-order valence-corrected chi connectivity index (χ3v) is 3.22. The number of aliphatic hydroxyl groups excluding tert-OH is 1. The molecule has 2 aromatic carbocycles. The molecule has 0 spiro atoms. The maximum Gasteiger partial charge on any atom is 0.0830 e. The van der Waals surface area contributed by atoms with Crippen LogP contribution in [0.1, 0.15) is 28.4 Å². The van der Waals surface area contributed by atoms with Crippen LogP contribution in [0.2, 0.25) is 5.02 Å². The molecular formula is C16H17ClO. The van der Waals surface area contributed by atoms with Crippen LogP contribution in [0.15, 0.2) is 42.5 Å². The lowest BCUT2D eigenvalue weighted by atomic mass is 9.98. The standard InChI is InChI=1S/C16H17ClO/c1-11-7-12(2)9-13(8-11)10-16(18)14-3-5-15(17)6-4-14/h3-9,16,18H,10H2,1-2H3. The molecule has 1 N–H and O–H groups in total. The fraction of sp³-hybridized carbons (Fsp3) is 0.250. The van der Waals surface area contributed by atoms with Crippen LogP contribution in [0, 0.1) is 13.8 Å². The minimum Gasteiger partial charge on any atom is -0.388 e. The second-order valence-corrected chi connectivity index (χ2v) is 5.20. The Morgan fingerprint density at radius 2 is 1.56 bits per heavy atom. The Balaban J connectivity index is 2.15. The van der Waals surface area contributed by atoms with Crippen LogP contribution in [0.3, 0.4) is 0 Å². The Bertz CT molecular complexity index is 511. The predicted octanol–water partition coefficient (Wildman–Crippen LogP) is 4.23. The van der Waals surface area contributed by atoms with E-state index in [0.29, 0.717) is 11.4 Å². The van der Waals surface area contributed by atoms with E-state index in [0.717, 1.165) is 11.1 Å². The van der Waals surface area contributed by atoms with Gasteiger partial charge in [0, 0.05) is 11.4 Å². The zero-order valence-electron chi connectivity index (χ0n) is 10.7. The van der Waals surface area contributed by atoms with Crippen molar-refractivity contribution in [3.63, 3.8) is 0 Å². The highest BCUT2D eigenvalue weighted by molar-refractivity contribution is 6.30. The monoisotopic (exact) mass is 260 g/mol. The van der Waals surface area contributed by atoms with Crippen molar-refractivity contribution in [2.75, 3.05) is 0 Å². The summed E-state index contributed by atoms with van der Waals surface area (Å²) in [6.45, 7) is 4.15. The fourth-order valence-corrected chi connectivity index (χ4v) is 2.34. The molecule has 0 radical (unpaired) electrons. The smallest absolute Gasteiger partial charge is 0.0830 e. The van der Waals surface area contributed by atoms with Crippen molar-refractivity contribution in [3.8, 4) is 0 Å². The van der Waals surface area contributed by atoms with Crippen molar-refractivity contribution in [1.29, 1.82) is 0 Å². The number of hydrogen-bond acceptors (Lipinski definition) is 1. The third-order valence-electron chi connectivity index (χ3n) is 2.97. The second kappa shape index (κ2) is 5.55. The lowest BCUT2D eigenvalue weighted by Gasteiger charge is -2.12. The van der Waals surface area contributed by atoms with Gasteiger partial charge in [0.15, 0.2) is 0 Å². The molecule has 0 saturated carbocycles. The lowest BCUT2D eigenvalue weighted by Crippen LogP contribution is -2.02. The first-order chi connectivity index (χ1) is 8.54. The normalized spacial score (nSPS) is 12.4. The minimum atomic E-state index is -0.483. The van der Waals surface area contributed by atoms with Gasteiger partial charge < -0.3 is 5.11 Å². The summed E-state index contributed by atoms with van der Waals surface area (Å²) >= 11 is 5.84. The van der Waals surface area contributed by atoms with Crippen LogP contribution in [-0.2, 0) is 6.42 Å². The number of aryl methyl sites for hydroxylation is 2. The number of rotatable bonds is 3. The molecule has 18 heavy (non-hydrogen) atoms. The van der Waals surface area contributed by atoms with Crippen LogP contribution < -0.4 is 0 Å². The topological polar surface area (TPSA) is 20.2 Å². The fourth-order valence-electron chi connectivity index (χ4n) is 2.21. The van der Waals surface area contributed by atoms with E-state index < -0.39 is 6.10 Å². The van der Waals surface area contributed by atoms with Crippen LogP contribution >= 0.6 is 11.6 Å². The van der Waals surface area contributed by atoms with Gasteiger partial charge in [0.05, 0.1) is 6.10 Å². The molecule has 0 amide bonds. The van der Waals surface area contributed by atoms with E-state index in [2.05, 4.69) is 32.0 Å². The van der Waals surface area contributed by atoms with E-state index in [-0.39, 0.29) is 0 Å². The highest BCUT2D eigenvalue weighted by atomic mass is 35.5. The van der Waals surface area contributed by atoms with Crippen molar-refractivity contribution in [2.24, 2.45) is 0 Å². The summed E-state index contributed by atoms with van der Waals surface area (Å²) in [5.41, 5.74) is 4.52. The van der Waals surface area contributed by atoms with Gasteiger partial charge in [0.25, 0.3) is 0 Å². The van der Waals surface area contributed by atoms with E-state index in [1.165, 1.54) is 11.1 Å². The Morgan fingerprint density at radius 3 is 2.11 bits per heavy atom. The van der Waals surface area contributed by atoms with Crippen molar-refractivity contribution in [2.45, 2.75) is 26.4 Å². The Hall–Kier alpha value is -1.31. The molecule has 0 aliphatic heterocycles. The maximum absolute atomic E-state index is 10.2. The summed E-state index contributed by atoms with van der Waals surface area (Å²) in [6, 6.07) is 13.7. The summed E-state index contributed by atoms with van der Waals surface area (Å²) < 4.78 is 0. The summed E-state index contributed by atoms with van der Waals surface area (Å²) in [4.78, 5) is 0. The number of benzene rings is 2. The molecule has 0 bridgehead atoms. The first-order valence-electron chi connectivity index (χ1n) is 6.05. The minimum absolute atomic E-state index is 0.483. The van der Waals surface area contributed by atoms with Gasteiger partial charge in [-0.2, -0.15) is 0 Å². The quantitative estimate of drug-likeness (QED) is 0.876. The zero-order valence-corrected chi connectivity index (χ0v) is 11.4. The molecule has 0 aromatic heterocycles. The molecule has 1 nitrogen and oxygen atoms in total. The third kappa shape index (κ3) is 3.34. The van der Waals surface area contributed by atoms with Gasteiger partial charge >= 0.3 is 0 Å². The van der Waals surface area contributed by atoms with Gasteiger partial charge in [0.1, 0.15) is 0 Å². The summed E-state index contributed by atoms with van der Waals surface area (Å²) in [5, 5.41) is 10.9. The van der Waals surface area contributed by atoms with E-state index in [4.69, 9.17) is 11.6 Å². The molecule has 1 atom stereocenters. The van der Waals surface area contributed by atoms with Crippen LogP contribution in [-0.4, -0.2) is 5.11 Å². The first-order valence-corrected chi connectivity index (χ1v) is 6.43. The van der Waals surface area contributed by atoms with Gasteiger partial charge in [-0.3, -0.25) is 0 Å². The molecular weight excluding hydrogens is 244 g/mol. The van der Waals surface area contributed by atoms with Gasteiger partial charge in [-0.05, 0) is 37.1 Å². The maximum atomic E-state index is 10.2. The average Bonchev–Trinajstić information content (AvgIpc) is 2.28. The molecule has 0 heterocycles. The van der Waals surface area contributed by atoms with Crippen molar-refractivity contribution < 1.29 is 5.11 Å². The van der Waals surface area contributed by atoms with Crippen molar-refractivity contribution >= 4 is 11.6 Å². The zero-order chi connectivity index (χ0) is 13.1. The largest absolute Gasteiger partial charge is 0.388 e. The van der Waals surface area contributed by atoms with Crippen molar-refractivity contribution in [1.82, 2.24) is 0 Å². The van der Waals surface area contributed by atoms with Gasteiger partial charge in [0.2, 0.25) is 0 Å². The SMILES string of the molecule is Cc1cc(C)cc(CC(O)c2ccc(Cl)cc2)c1. The van der Waals surface area contributed by atoms with Crippen LogP contribution in [0.25, 0.3) is 0 Å². The Kier molecular flexibility index (Phi) is 4.05.